The standard InChI is InChI=1S/C15H18OS/c1-11-3-4-13(7-12(11)2)8-15(16)9-14-5-6-17-10-14/h3-7,10,15-16H,8-9H2,1-2H3. The highest BCUT2D eigenvalue weighted by Gasteiger charge is 2.07. The molecule has 0 spiro atoms. The molecule has 0 aliphatic heterocycles. The van der Waals surface area contributed by atoms with E-state index in [0.29, 0.717) is 0 Å². The van der Waals surface area contributed by atoms with E-state index in [1.165, 1.54) is 22.3 Å². The molecule has 2 aromatic rings. The van der Waals surface area contributed by atoms with Crippen molar-refractivity contribution in [3.63, 3.8) is 0 Å². The lowest BCUT2D eigenvalue weighted by molar-refractivity contribution is 0.175. The molecule has 0 amide bonds. The Labute approximate surface area is 107 Å². The number of hydrogen-bond acceptors (Lipinski definition) is 2. The molecule has 2 rings (SSSR count). The molecule has 0 aliphatic rings. The van der Waals surface area contributed by atoms with Crippen LogP contribution in [0, 0.1) is 13.8 Å². The second-order valence-electron chi connectivity index (χ2n) is 4.61. The first-order valence-corrected chi connectivity index (χ1v) is 6.84. The van der Waals surface area contributed by atoms with E-state index in [2.05, 4.69) is 48.9 Å². The van der Waals surface area contributed by atoms with Crippen LogP contribution in [0.5, 0.6) is 0 Å². The highest BCUT2D eigenvalue weighted by Crippen LogP contribution is 2.14. The predicted octanol–water partition coefficient (Wildman–Crippen LogP) is 3.51. The maximum Gasteiger partial charge on any atom is 0.0621 e. The van der Waals surface area contributed by atoms with Crippen LogP contribution < -0.4 is 0 Å². The third kappa shape index (κ3) is 3.42. The highest BCUT2D eigenvalue weighted by atomic mass is 32.1. The summed E-state index contributed by atoms with van der Waals surface area (Å²) in [6.07, 6.45) is 1.19. The zero-order valence-electron chi connectivity index (χ0n) is 10.3. The van der Waals surface area contributed by atoms with E-state index in [1.807, 2.05) is 0 Å². The molecular weight excluding hydrogens is 228 g/mol. The third-order valence-electron chi connectivity index (χ3n) is 3.09. The van der Waals surface area contributed by atoms with Gasteiger partial charge in [-0.05, 0) is 65.8 Å². The van der Waals surface area contributed by atoms with Gasteiger partial charge < -0.3 is 5.11 Å². The van der Waals surface area contributed by atoms with Gasteiger partial charge in [0.1, 0.15) is 0 Å². The predicted molar refractivity (Wildman–Crippen MR) is 73.6 cm³/mol. The highest BCUT2D eigenvalue weighted by molar-refractivity contribution is 7.07. The number of benzene rings is 1. The van der Waals surface area contributed by atoms with E-state index in [1.54, 1.807) is 11.3 Å². The van der Waals surface area contributed by atoms with E-state index in [-0.39, 0.29) is 6.10 Å². The molecule has 0 saturated carbocycles. The van der Waals surface area contributed by atoms with Crippen molar-refractivity contribution >= 4 is 11.3 Å². The lowest BCUT2D eigenvalue weighted by atomic mass is 9.99. The van der Waals surface area contributed by atoms with Crippen molar-refractivity contribution in [3.8, 4) is 0 Å². The zero-order chi connectivity index (χ0) is 12.3. The molecule has 0 aliphatic carbocycles. The molecule has 1 N–H and O–H groups in total. The molecule has 1 heterocycles. The fourth-order valence-corrected chi connectivity index (χ4v) is 2.64. The van der Waals surface area contributed by atoms with Gasteiger partial charge in [-0.1, -0.05) is 18.2 Å². The van der Waals surface area contributed by atoms with Crippen molar-refractivity contribution in [3.05, 3.63) is 57.3 Å². The van der Waals surface area contributed by atoms with Crippen molar-refractivity contribution < 1.29 is 5.11 Å². The molecule has 0 radical (unpaired) electrons. The van der Waals surface area contributed by atoms with Gasteiger partial charge in [-0.15, -0.1) is 0 Å². The summed E-state index contributed by atoms with van der Waals surface area (Å²) in [5.74, 6) is 0. The zero-order valence-corrected chi connectivity index (χ0v) is 11.1. The Morgan fingerprint density at radius 1 is 1.06 bits per heavy atom. The van der Waals surface area contributed by atoms with Gasteiger partial charge in [0, 0.05) is 0 Å². The molecule has 1 atom stereocenters. The molecule has 17 heavy (non-hydrogen) atoms. The first-order valence-electron chi connectivity index (χ1n) is 5.90. The lowest BCUT2D eigenvalue weighted by Crippen LogP contribution is -2.13. The van der Waals surface area contributed by atoms with Crippen LogP contribution in [0.4, 0.5) is 0 Å². The van der Waals surface area contributed by atoms with E-state index in [0.717, 1.165) is 12.8 Å². The van der Waals surface area contributed by atoms with Crippen LogP contribution in [0.15, 0.2) is 35.0 Å². The van der Waals surface area contributed by atoms with Crippen molar-refractivity contribution in [2.75, 3.05) is 0 Å². The number of aryl methyl sites for hydroxylation is 2. The van der Waals surface area contributed by atoms with Crippen LogP contribution >= 0.6 is 11.3 Å². The molecule has 90 valence electrons. The summed E-state index contributed by atoms with van der Waals surface area (Å²) in [6, 6.07) is 8.49. The number of aliphatic hydroxyl groups is 1. The minimum atomic E-state index is -0.285. The first-order chi connectivity index (χ1) is 8.15. The number of rotatable bonds is 4. The molecule has 1 nitrogen and oxygen atoms in total. The average Bonchev–Trinajstić information content (AvgIpc) is 2.76. The van der Waals surface area contributed by atoms with Gasteiger partial charge in [-0.25, -0.2) is 0 Å². The molecule has 2 heteroatoms. The van der Waals surface area contributed by atoms with Gasteiger partial charge in [-0.2, -0.15) is 11.3 Å². The third-order valence-corrected chi connectivity index (χ3v) is 3.83. The molecule has 0 saturated heterocycles. The molecule has 0 bridgehead atoms. The molecular formula is C15H18OS. The Bertz CT molecular complexity index is 474. The van der Waals surface area contributed by atoms with E-state index in [4.69, 9.17) is 0 Å². The molecule has 0 fully saturated rings. The van der Waals surface area contributed by atoms with Gasteiger partial charge in [0.05, 0.1) is 6.10 Å². The van der Waals surface area contributed by atoms with Gasteiger partial charge in [0.2, 0.25) is 0 Å². The Kier molecular flexibility index (Phi) is 3.97. The first kappa shape index (κ1) is 12.3. The van der Waals surface area contributed by atoms with E-state index >= 15 is 0 Å². The number of thiophene rings is 1. The number of hydrogen-bond donors (Lipinski definition) is 1. The Morgan fingerprint density at radius 3 is 2.47 bits per heavy atom. The quantitative estimate of drug-likeness (QED) is 0.875. The van der Waals surface area contributed by atoms with Gasteiger partial charge in [0.25, 0.3) is 0 Å². The van der Waals surface area contributed by atoms with E-state index < -0.39 is 0 Å². The molecule has 1 aromatic carbocycles. The van der Waals surface area contributed by atoms with Crippen molar-refractivity contribution in [1.82, 2.24) is 0 Å². The second kappa shape index (κ2) is 5.48. The maximum atomic E-state index is 10.0. The summed E-state index contributed by atoms with van der Waals surface area (Å²) in [5.41, 5.74) is 5.05. The van der Waals surface area contributed by atoms with Crippen LogP contribution in [0.1, 0.15) is 22.3 Å². The lowest BCUT2D eigenvalue weighted by Gasteiger charge is -2.11. The van der Waals surface area contributed by atoms with Crippen LogP contribution in [0.2, 0.25) is 0 Å². The fourth-order valence-electron chi connectivity index (χ4n) is 1.96. The van der Waals surface area contributed by atoms with Gasteiger partial charge in [-0.3, -0.25) is 0 Å². The summed E-state index contributed by atoms with van der Waals surface area (Å²) >= 11 is 1.68. The second-order valence-corrected chi connectivity index (χ2v) is 5.39. The monoisotopic (exact) mass is 246 g/mol. The van der Waals surface area contributed by atoms with Crippen molar-refractivity contribution in [2.45, 2.75) is 32.8 Å². The summed E-state index contributed by atoms with van der Waals surface area (Å²) in [4.78, 5) is 0. The van der Waals surface area contributed by atoms with Crippen LogP contribution in [0.3, 0.4) is 0 Å². The molecule has 1 unspecified atom stereocenters. The minimum Gasteiger partial charge on any atom is -0.392 e. The largest absolute Gasteiger partial charge is 0.392 e. The number of aliphatic hydroxyl groups excluding tert-OH is 1. The van der Waals surface area contributed by atoms with Crippen LogP contribution in [0.25, 0.3) is 0 Å². The molecule has 1 aromatic heterocycles. The van der Waals surface area contributed by atoms with E-state index in [9.17, 15) is 5.11 Å². The maximum absolute atomic E-state index is 10.0. The SMILES string of the molecule is Cc1ccc(CC(O)Cc2ccsc2)cc1C. The summed E-state index contributed by atoms with van der Waals surface area (Å²) < 4.78 is 0. The topological polar surface area (TPSA) is 20.2 Å². The Balaban J connectivity index is 1.98. The van der Waals surface area contributed by atoms with Crippen molar-refractivity contribution in [2.24, 2.45) is 0 Å². The van der Waals surface area contributed by atoms with Gasteiger partial charge in [0.15, 0.2) is 0 Å². The van der Waals surface area contributed by atoms with Crippen LogP contribution in [-0.4, -0.2) is 11.2 Å². The summed E-state index contributed by atoms with van der Waals surface area (Å²) in [6.45, 7) is 4.23. The Hall–Kier alpha value is -1.12. The smallest absolute Gasteiger partial charge is 0.0621 e. The normalized spacial score (nSPS) is 12.6. The minimum absolute atomic E-state index is 0.285. The summed E-state index contributed by atoms with van der Waals surface area (Å²) in [7, 11) is 0. The average molecular weight is 246 g/mol. The fraction of sp³-hybridized carbons (Fsp3) is 0.333. The van der Waals surface area contributed by atoms with Gasteiger partial charge >= 0.3 is 0 Å². The summed E-state index contributed by atoms with van der Waals surface area (Å²) in [5, 5.41) is 14.2. The van der Waals surface area contributed by atoms with Crippen molar-refractivity contribution in [1.29, 1.82) is 0 Å². The Morgan fingerprint density at radius 2 is 1.82 bits per heavy atom. The van der Waals surface area contributed by atoms with Crippen LogP contribution in [-0.2, 0) is 12.8 Å².